The molecule has 2 aromatic rings. The van der Waals surface area contributed by atoms with Crippen molar-refractivity contribution in [3.63, 3.8) is 0 Å². The Morgan fingerprint density at radius 1 is 1.18 bits per heavy atom. The number of aryl methyl sites for hydroxylation is 1. The van der Waals surface area contributed by atoms with E-state index in [1.54, 1.807) is 11.3 Å². The van der Waals surface area contributed by atoms with Gasteiger partial charge in [0.2, 0.25) is 0 Å². The van der Waals surface area contributed by atoms with Gasteiger partial charge in [0.25, 0.3) is 0 Å². The zero-order valence-electron chi connectivity index (χ0n) is 9.69. The molecule has 1 atom stereocenters. The Hall–Kier alpha value is -0.640. The van der Waals surface area contributed by atoms with Crippen LogP contribution in [0.5, 0.6) is 0 Å². The Kier molecular flexibility index (Phi) is 4.37. The Labute approximate surface area is 114 Å². The van der Waals surface area contributed by atoms with Crippen molar-refractivity contribution in [2.24, 2.45) is 0 Å². The van der Waals surface area contributed by atoms with Gasteiger partial charge in [-0.2, -0.15) is 0 Å². The van der Waals surface area contributed by atoms with Crippen LogP contribution in [0.3, 0.4) is 0 Å². The molecule has 0 amide bonds. The zero-order valence-corrected chi connectivity index (χ0v) is 12.1. The topological polar surface area (TPSA) is 20.2 Å². The fourth-order valence-corrected chi connectivity index (χ4v) is 3.31. The minimum atomic E-state index is -0.436. The molecule has 3 heteroatoms. The molecule has 0 bridgehead atoms. The van der Waals surface area contributed by atoms with E-state index in [0.29, 0.717) is 6.42 Å². The highest BCUT2D eigenvalue weighted by Gasteiger charge is 2.12. The van der Waals surface area contributed by atoms with Crippen molar-refractivity contribution in [2.75, 3.05) is 0 Å². The smallest absolute Gasteiger partial charge is 0.0849 e. The second-order valence-electron chi connectivity index (χ2n) is 3.96. The number of benzene rings is 1. The average Bonchev–Trinajstić information content (AvgIpc) is 2.77. The lowest BCUT2D eigenvalue weighted by Gasteiger charge is -2.11. The van der Waals surface area contributed by atoms with Crippen LogP contribution < -0.4 is 0 Å². The van der Waals surface area contributed by atoms with Crippen molar-refractivity contribution in [1.82, 2.24) is 0 Å². The summed E-state index contributed by atoms with van der Waals surface area (Å²) >= 11 is 5.26. The predicted molar refractivity (Wildman–Crippen MR) is 76.5 cm³/mol. The number of hydrogen-bond acceptors (Lipinski definition) is 2. The van der Waals surface area contributed by atoms with Gasteiger partial charge in [-0.3, -0.25) is 0 Å². The van der Waals surface area contributed by atoms with Gasteiger partial charge in [0.1, 0.15) is 0 Å². The normalized spacial score (nSPS) is 12.6. The van der Waals surface area contributed by atoms with Crippen LogP contribution in [0.4, 0.5) is 0 Å². The molecule has 1 nitrogen and oxygen atoms in total. The minimum Gasteiger partial charge on any atom is -0.388 e. The molecule has 0 saturated carbocycles. The number of halogens is 1. The lowest BCUT2D eigenvalue weighted by molar-refractivity contribution is 0.178. The standard InChI is InChI=1S/C14H15BrOS/c1-2-10-7-8-11(17-10)9-14(16)12-5-3-4-6-13(12)15/h3-8,14,16H,2,9H2,1H3. The Morgan fingerprint density at radius 2 is 1.88 bits per heavy atom. The average molecular weight is 311 g/mol. The van der Waals surface area contributed by atoms with E-state index in [2.05, 4.69) is 35.0 Å². The molecule has 0 saturated heterocycles. The molecule has 0 radical (unpaired) electrons. The zero-order chi connectivity index (χ0) is 12.3. The molecule has 0 aliphatic rings. The van der Waals surface area contributed by atoms with Crippen LogP contribution in [0.1, 0.15) is 28.3 Å². The monoisotopic (exact) mass is 310 g/mol. The summed E-state index contributed by atoms with van der Waals surface area (Å²) in [7, 11) is 0. The maximum Gasteiger partial charge on any atom is 0.0849 e. The molecule has 0 aliphatic heterocycles. The van der Waals surface area contributed by atoms with Crippen LogP contribution in [0, 0.1) is 0 Å². The van der Waals surface area contributed by atoms with Gasteiger partial charge in [0.15, 0.2) is 0 Å². The first kappa shape index (κ1) is 12.8. The summed E-state index contributed by atoms with van der Waals surface area (Å²) in [6.07, 6.45) is 1.32. The first-order valence-corrected chi connectivity index (χ1v) is 7.31. The Balaban J connectivity index is 2.11. The molecule has 0 aliphatic carbocycles. The summed E-state index contributed by atoms with van der Waals surface area (Å²) in [6, 6.07) is 12.1. The molecule has 2 rings (SSSR count). The minimum absolute atomic E-state index is 0.436. The van der Waals surface area contributed by atoms with Gasteiger partial charge in [0, 0.05) is 20.6 Å². The van der Waals surface area contributed by atoms with Crippen molar-refractivity contribution in [3.8, 4) is 0 Å². The lowest BCUT2D eigenvalue weighted by atomic mass is 10.1. The molecule has 1 heterocycles. The van der Waals surface area contributed by atoms with Gasteiger partial charge in [-0.1, -0.05) is 41.1 Å². The molecular weight excluding hydrogens is 296 g/mol. The highest BCUT2D eigenvalue weighted by molar-refractivity contribution is 9.10. The van der Waals surface area contributed by atoms with Gasteiger partial charge in [-0.05, 0) is 30.2 Å². The first-order valence-electron chi connectivity index (χ1n) is 5.70. The van der Waals surface area contributed by atoms with E-state index < -0.39 is 6.10 Å². The third kappa shape index (κ3) is 3.18. The quantitative estimate of drug-likeness (QED) is 0.890. The number of hydrogen-bond donors (Lipinski definition) is 1. The summed E-state index contributed by atoms with van der Waals surface area (Å²) in [4.78, 5) is 2.62. The van der Waals surface area contributed by atoms with Crippen molar-refractivity contribution in [3.05, 3.63) is 56.2 Å². The van der Waals surface area contributed by atoms with Crippen LogP contribution >= 0.6 is 27.3 Å². The lowest BCUT2D eigenvalue weighted by Crippen LogP contribution is -2.01. The fraction of sp³-hybridized carbons (Fsp3) is 0.286. The van der Waals surface area contributed by atoms with E-state index in [9.17, 15) is 5.11 Å². The maximum absolute atomic E-state index is 10.2. The van der Waals surface area contributed by atoms with Crippen LogP contribution in [0.25, 0.3) is 0 Å². The molecule has 0 spiro atoms. The van der Waals surface area contributed by atoms with E-state index in [0.717, 1.165) is 16.5 Å². The number of aliphatic hydroxyl groups is 1. The van der Waals surface area contributed by atoms with Crippen LogP contribution in [-0.4, -0.2) is 5.11 Å². The van der Waals surface area contributed by atoms with Crippen molar-refractivity contribution in [1.29, 1.82) is 0 Å². The summed E-state index contributed by atoms with van der Waals surface area (Å²) < 4.78 is 0.972. The SMILES string of the molecule is CCc1ccc(CC(O)c2ccccc2Br)s1. The summed E-state index contributed by atoms with van der Waals surface area (Å²) in [5.74, 6) is 0. The van der Waals surface area contributed by atoms with Crippen molar-refractivity contribution >= 4 is 27.3 Å². The molecule has 1 unspecified atom stereocenters. The summed E-state index contributed by atoms with van der Waals surface area (Å²) in [6.45, 7) is 2.15. The largest absolute Gasteiger partial charge is 0.388 e. The summed E-state index contributed by atoms with van der Waals surface area (Å²) in [5, 5.41) is 10.2. The predicted octanol–water partition coefficient (Wildman–Crippen LogP) is 4.35. The second kappa shape index (κ2) is 5.80. The van der Waals surface area contributed by atoms with Gasteiger partial charge < -0.3 is 5.11 Å². The molecule has 1 aromatic carbocycles. The number of thiophene rings is 1. The number of rotatable bonds is 4. The first-order chi connectivity index (χ1) is 8.20. The van der Waals surface area contributed by atoms with Crippen LogP contribution in [0.15, 0.2) is 40.9 Å². The molecule has 1 aromatic heterocycles. The fourth-order valence-electron chi connectivity index (χ4n) is 1.77. The maximum atomic E-state index is 10.2. The third-order valence-corrected chi connectivity index (χ3v) is 4.70. The summed E-state index contributed by atoms with van der Waals surface area (Å²) in [5.41, 5.74) is 0.957. The van der Waals surface area contributed by atoms with E-state index in [-0.39, 0.29) is 0 Å². The molecule has 17 heavy (non-hydrogen) atoms. The van der Waals surface area contributed by atoms with Crippen LogP contribution in [0.2, 0.25) is 0 Å². The molecule has 1 N–H and O–H groups in total. The Morgan fingerprint density at radius 3 is 2.53 bits per heavy atom. The second-order valence-corrected chi connectivity index (χ2v) is 6.07. The van der Waals surface area contributed by atoms with Gasteiger partial charge in [0.05, 0.1) is 6.10 Å². The van der Waals surface area contributed by atoms with E-state index in [4.69, 9.17) is 0 Å². The van der Waals surface area contributed by atoms with E-state index in [1.165, 1.54) is 9.75 Å². The molecular formula is C14H15BrOS. The van der Waals surface area contributed by atoms with E-state index in [1.807, 2.05) is 24.3 Å². The van der Waals surface area contributed by atoms with Gasteiger partial charge >= 0.3 is 0 Å². The third-order valence-electron chi connectivity index (χ3n) is 2.72. The highest BCUT2D eigenvalue weighted by atomic mass is 79.9. The van der Waals surface area contributed by atoms with Gasteiger partial charge in [-0.25, -0.2) is 0 Å². The molecule has 90 valence electrons. The highest BCUT2D eigenvalue weighted by Crippen LogP contribution is 2.28. The van der Waals surface area contributed by atoms with E-state index >= 15 is 0 Å². The van der Waals surface area contributed by atoms with Gasteiger partial charge in [-0.15, -0.1) is 11.3 Å². The van der Waals surface area contributed by atoms with Crippen molar-refractivity contribution < 1.29 is 5.11 Å². The number of aliphatic hydroxyl groups excluding tert-OH is 1. The molecule has 0 fully saturated rings. The van der Waals surface area contributed by atoms with Crippen molar-refractivity contribution in [2.45, 2.75) is 25.9 Å². The van der Waals surface area contributed by atoms with Crippen LogP contribution in [-0.2, 0) is 12.8 Å². The Bertz CT molecular complexity index is 492.